The summed E-state index contributed by atoms with van der Waals surface area (Å²) in [6.07, 6.45) is -0.238. The highest BCUT2D eigenvalue weighted by atomic mass is 28.3. The zero-order valence-corrected chi connectivity index (χ0v) is 15.7. The largest absolute Gasteiger partial charge is 0.460 e. The first kappa shape index (κ1) is 18.9. The van der Waals surface area contributed by atoms with Gasteiger partial charge in [-0.2, -0.15) is 0 Å². The van der Waals surface area contributed by atoms with Gasteiger partial charge in [-0.1, -0.05) is 43.4 Å². The lowest BCUT2D eigenvalue weighted by Crippen LogP contribution is -2.52. The van der Waals surface area contributed by atoms with Gasteiger partial charge in [-0.25, -0.2) is 0 Å². The van der Waals surface area contributed by atoms with Gasteiger partial charge in [0.1, 0.15) is 21.6 Å². The Morgan fingerprint density at radius 2 is 1.82 bits per heavy atom. The first-order valence-corrected chi connectivity index (χ1v) is 10.7. The molecule has 0 aromatic heterocycles. The van der Waals surface area contributed by atoms with Crippen LogP contribution in [0.1, 0.15) is 33.3 Å². The number of carbonyl (C=O) groups is 1. The van der Waals surface area contributed by atoms with Crippen molar-refractivity contribution in [3.8, 4) is 0 Å². The Balaban J connectivity index is 2.67. The molecule has 5 heteroatoms. The number of ether oxygens (including phenoxy) is 2. The Labute approximate surface area is 135 Å². The third-order valence-corrected chi connectivity index (χ3v) is 4.03. The van der Waals surface area contributed by atoms with Gasteiger partial charge < -0.3 is 14.5 Å². The summed E-state index contributed by atoms with van der Waals surface area (Å²) in [5.74, 6) is -0.248. The summed E-state index contributed by atoms with van der Waals surface area (Å²) in [7, 11) is -1.14. The lowest BCUT2D eigenvalue weighted by Gasteiger charge is -2.31. The first-order valence-electron chi connectivity index (χ1n) is 7.83. The van der Waals surface area contributed by atoms with Gasteiger partial charge >= 0.3 is 5.97 Å². The van der Waals surface area contributed by atoms with Gasteiger partial charge in [0.15, 0.2) is 0 Å². The summed E-state index contributed by atoms with van der Waals surface area (Å²) >= 11 is 0. The second kappa shape index (κ2) is 8.46. The van der Waals surface area contributed by atoms with Gasteiger partial charge in [-0.3, -0.25) is 4.79 Å². The maximum Gasteiger partial charge on any atom is 0.325 e. The van der Waals surface area contributed by atoms with Crippen LogP contribution in [0, 0.1) is 0 Å². The molecule has 0 spiro atoms. The predicted octanol–water partition coefficient (Wildman–Crippen LogP) is 2.88. The average Bonchev–Trinajstić information content (AvgIpc) is 2.41. The minimum absolute atomic E-state index is 0.238. The standard InChI is InChI=1S/C17H29NO3Si/c1-13(21-17(2,3)4)15(18-22(5)6)16(19)20-12-14-10-8-7-9-11-14/h7-11,13,15,18,22H,12H2,1-6H3/t13-,15+/m1/s1. The highest BCUT2D eigenvalue weighted by Gasteiger charge is 2.30. The van der Waals surface area contributed by atoms with Crippen LogP contribution in [-0.4, -0.2) is 32.7 Å². The van der Waals surface area contributed by atoms with Crippen molar-refractivity contribution < 1.29 is 14.3 Å². The molecular formula is C17H29NO3Si. The maximum absolute atomic E-state index is 12.4. The fraction of sp³-hybridized carbons (Fsp3) is 0.588. The van der Waals surface area contributed by atoms with Crippen LogP contribution in [0.4, 0.5) is 0 Å². The molecule has 2 atom stereocenters. The highest BCUT2D eigenvalue weighted by Crippen LogP contribution is 2.14. The van der Waals surface area contributed by atoms with Crippen LogP contribution >= 0.6 is 0 Å². The second-order valence-corrected chi connectivity index (χ2v) is 9.47. The molecule has 22 heavy (non-hydrogen) atoms. The van der Waals surface area contributed by atoms with E-state index in [9.17, 15) is 4.79 Å². The van der Waals surface area contributed by atoms with Crippen molar-refractivity contribution in [2.75, 3.05) is 0 Å². The highest BCUT2D eigenvalue weighted by molar-refractivity contribution is 6.53. The number of carbonyl (C=O) groups excluding carboxylic acids is 1. The lowest BCUT2D eigenvalue weighted by atomic mass is 10.1. The van der Waals surface area contributed by atoms with Gasteiger partial charge in [0.25, 0.3) is 0 Å². The Kier molecular flexibility index (Phi) is 7.26. The summed E-state index contributed by atoms with van der Waals surface area (Å²) in [6.45, 7) is 12.5. The first-order chi connectivity index (χ1) is 10.2. The number of nitrogens with one attached hydrogen (secondary N) is 1. The molecule has 4 nitrogen and oxygen atoms in total. The molecule has 1 N–H and O–H groups in total. The van der Waals surface area contributed by atoms with E-state index in [0.29, 0.717) is 6.61 Å². The second-order valence-electron chi connectivity index (χ2n) is 6.83. The van der Waals surface area contributed by atoms with Crippen LogP contribution in [0.2, 0.25) is 13.1 Å². The van der Waals surface area contributed by atoms with Crippen LogP contribution in [0.25, 0.3) is 0 Å². The molecule has 0 saturated heterocycles. The quantitative estimate of drug-likeness (QED) is 0.619. The van der Waals surface area contributed by atoms with Crippen molar-refractivity contribution >= 4 is 14.9 Å². The van der Waals surface area contributed by atoms with E-state index in [2.05, 4.69) is 18.1 Å². The summed E-state index contributed by atoms with van der Waals surface area (Å²) in [5, 5.41) is 0. The smallest absolute Gasteiger partial charge is 0.325 e. The fourth-order valence-electron chi connectivity index (χ4n) is 2.20. The van der Waals surface area contributed by atoms with Crippen molar-refractivity contribution in [2.24, 2.45) is 0 Å². The van der Waals surface area contributed by atoms with Gasteiger partial charge in [0, 0.05) is 0 Å². The summed E-state index contributed by atoms with van der Waals surface area (Å²) in [5.41, 5.74) is 0.693. The van der Waals surface area contributed by atoms with E-state index in [4.69, 9.17) is 9.47 Å². The van der Waals surface area contributed by atoms with E-state index in [-0.39, 0.29) is 17.7 Å². The molecule has 1 aromatic rings. The zero-order valence-electron chi connectivity index (χ0n) is 14.6. The van der Waals surface area contributed by atoms with Crippen molar-refractivity contribution in [1.29, 1.82) is 0 Å². The van der Waals surface area contributed by atoms with Crippen molar-refractivity contribution in [2.45, 2.75) is 65.1 Å². The molecule has 0 aliphatic rings. The third kappa shape index (κ3) is 7.20. The van der Waals surface area contributed by atoms with Gasteiger partial charge in [0.05, 0.1) is 11.7 Å². The molecule has 0 amide bonds. The van der Waals surface area contributed by atoms with E-state index in [1.807, 2.05) is 58.0 Å². The molecule has 0 heterocycles. The molecule has 0 saturated carbocycles. The number of benzene rings is 1. The minimum atomic E-state index is -1.14. The normalized spacial score (nSPS) is 14.7. The minimum Gasteiger partial charge on any atom is -0.460 e. The van der Waals surface area contributed by atoms with Gasteiger partial charge in [-0.15, -0.1) is 0 Å². The Bertz CT molecular complexity index is 457. The zero-order chi connectivity index (χ0) is 16.8. The molecule has 1 aromatic carbocycles. The number of hydrogen-bond acceptors (Lipinski definition) is 4. The van der Waals surface area contributed by atoms with E-state index in [1.165, 1.54) is 0 Å². The molecule has 0 fully saturated rings. The van der Waals surface area contributed by atoms with Crippen LogP contribution in [0.5, 0.6) is 0 Å². The van der Waals surface area contributed by atoms with Crippen LogP contribution in [-0.2, 0) is 20.9 Å². The van der Waals surface area contributed by atoms with Crippen molar-refractivity contribution in [1.82, 2.24) is 4.98 Å². The molecule has 0 radical (unpaired) electrons. The maximum atomic E-state index is 12.4. The molecule has 0 bridgehead atoms. The molecule has 124 valence electrons. The van der Waals surface area contributed by atoms with E-state index < -0.39 is 15.0 Å². The Morgan fingerprint density at radius 1 is 1.23 bits per heavy atom. The molecule has 0 aliphatic heterocycles. The molecular weight excluding hydrogens is 294 g/mol. The van der Waals surface area contributed by atoms with E-state index >= 15 is 0 Å². The summed E-state index contributed by atoms with van der Waals surface area (Å²) in [6, 6.07) is 9.29. The monoisotopic (exact) mass is 323 g/mol. The van der Waals surface area contributed by atoms with E-state index in [1.54, 1.807) is 0 Å². The van der Waals surface area contributed by atoms with E-state index in [0.717, 1.165) is 5.56 Å². The average molecular weight is 324 g/mol. The van der Waals surface area contributed by atoms with Crippen molar-refractivity contribution in [3.63, 3.8) is 0 Å². The third-order valence-electron chi connectivity index (χ3n) is 3.00. The Morgan fingerprint density at radius 3 is 2.32 bits per heavy atom. The van der Waals surface area contributed by atoms with Crippen LogP contribution < -0.4 is 4.98 Å². The SMILES string of the molecule is C[C@@H](OC(C)(C)C)[C@H](N[SiH](C)C)C(=O)OCc1ccccc1. The number of hydrogen-bond donors (Lipinski definition) is 1. The Hall–Kier alpha value is -1.17. The predicted molar refractivity (Wildman–Crippen MR) is 92.3 cm³/mol. The number of rotatable bonds is 7. The lowest BCUT2D eigenvalue weighted by molar-refractivity contribution is -0.154. The fourth-order valence-corrected chi connectivity index (χ4v) is 3.32. The topological polar surface area (TPSA) is 47.6 Å². The van der Waals surface area contributed by atoms with Gasteiger partial charge in [0.2, 0.25) is 0 Å². The molecule has 0 aliphatic carbocycles. The molecule has 1 rings (SSSR count). The van der Waals surface area contributed by atoms with Crippen molar-refractivity contribution in [3.05, 3.63) is 35.9 Å². The van der Waals surface area contributed by atoms with Gasteiger partial charge in [-0.05, 0) is 33.3 Å². The van der Waals surface area contributed by atoms with Crippen LogP contribution in [0.15, 0.2) is 30.3 Å². The summed E-state index contributed by atoms with van der Waals surface area (Å²) in [4.78, 5) is 15.8. The molecule has 0 unspecified atom stereocenters. The summed E-state index contributed by atoms with van der Waals surface area (Å²) < 4.78 is 11.4. The number of esters is 1. The van der Waals surface area contributed by atoms with Crippen LogP contribution in [0.3, 0.4) is 0 Å².